The van der Waals surface area contributed by atoms with Gasteiger partial charge in [-0.05, 0) is 92.0 Å². The minimum atomic E-state index is -0.0592. The average molecular weight is 487 g/mol. The maximum Gasteiger partial charge on any atom is 0.234 e. The van der Waals surface area contributed by atoms with Gasteiger partial charge in [-0.2, -0.15) is 0 Å². The molecule has 0 saturated heterocycles. The Morgan fingerprint density at radius 1 is 1.09 bits per heavy atom. The van der Waals surface area contributed by atoms with Crippen LogP contribution in [0.15, 0.2) is 53.7 Å². The molecular formula is C28H30N4O2S. The van der Waals surface area contributed by atoms with Gasteiger partial charge in [0.1, 0.15) is 5.75 Å². The standard InChI is InChI=1S/C28H30N4O2S/c1-2-32-25(22-5-3-4-6-23(22)33)30-31-26(32)35-16-24(34)29-21-9-7-18(8-10-21)27-14-19-11-17-12-20(15-27)28(19,27)13-17/h3-10,17,19-20,33H,2,11-16H2,1H3,(H,29,34). The van der Waals surface area contributed by atoms with Crippen molar-refractivity contribution in [2.45, 2.75) is 56.1 Å². The molecule has 2 unspecified atom stereocenters. The largest absolute Gasteiger partial charge is 0.507 e. The van der Waals surface area contributed by atoms with Gasteiger partial charge >= 0.3 is 0 Å². The molecule has 1 aromatic heterocycles. The van der Waals surface area contributed by atoms with Crippen molar-refractivity contribution in [1.29, 1.82) is 0 Å². The Balaban J connectivity index is 1.00. The number of hydrogen-bond acceptors (Lipinski definition) is 5. The molecule has 0 radical (unpaired) electrons. The van der Waals surface area contributed by atoms with E-state index >= 15 is 0 Å². The summed E-state index contributed by atoms with van der Waals surface area (Å²) in [6.45, 7) is 2.65. The zero-order valence-electron chi connectivity index (χ0n) is 19.9. The van der Waals surface area contributed by atoms with E-state index in [1.54, 1.807) is 12.1 Å². The predicted molar refractivity (Wildman–Crippen MR) is 136 cm³/mol. The highest BCUT2D eigenvalue weighted by atomic mass is 32.2. The Labute approximate surface area is 209 Å². The monoisotopic (exact) mass is 486 g/mol. The molecule has 0 aliphatic heterocycles. The minimum absolute atomic E-state index is 0.0592. The molecule has 180 valence electrons. The molecule has 7 rings (SSSR count). The highest BCUT2D eigenvalue weighted by Gasteiger charge is 2.81. The maximum atomic E-state index is 12.7. The van der Waals surface area contributed by atoms with Crippen molar-refractivity contribution in [2.75, 3.05) is 11.1 Å². The number of benzene rings is 2. The Kier molecular flexibility index (Phi) is 4.66. The Hall–Kier alpha value is -2.80. The maximum absolute atomic E-state index is 12.7. The van der Waals surface area contributed by atoms with Crippen LogP contribution in [0.25, 0.3) is 11.4 Å². The van der Waals surface area contributed by atoms with Crippen LogP contribution >= 0.6 is 11.8 Å². The van der Waals surface area contributed by atoms with Gasteiger partial charge in [0.2, 0.25) is 5.91 Å². The third kappa shape index (κ3) is 2.87. The molecule has 4 aliphatic rings. The number of carbonyl (C=O) groups excluding carboxylic acids is 1. The molecule has 3 aromatic rings. The van der Waals surface area contributed by atoms with Crippen LogP contribution in [0.2, 0.25) is 0 Å². The number of phenolic OH excluding ortho intramolecular Hbond substituents is 1. The normalized spacial score (nSPS) is 31.5. The number of fused-ring (bicyclic) bond motifs is 1. The summed E-state index contributed by atoms with van der Waals surface area (Å²) in [5, 5.41) is 22.4. The molecule has 7 heteroatoms. The first-order valence-electron chi connectivity index (χ1n) is 12.8. The third-order valence-electron chi connectivity index (χ3n) is 9.63. The van der Waals surface area contributed by atoms with E-state index in [1.165, 1.54) is 49.4 Å². The second kappa shape index (κ2) is 7.60. The first-order valence-corrected chi connectivity index (χ1v) is 13.8. The number of rotatable bonds is 7. The predicted octanol–water partition coefficient (Wildman–Crippen LogP) is 5.48. The van der Waals surface area contributed by atoms with Gasteiger partial charge in [0.15, 0.2) is 11.0 Å². The molecule has 1 spiro atoms. The smallest absolute Gasteiger partial charge is 0.234 e. The van der Waals surface area contributed by atoms with Gasteiger partial charge in [0.25, 0.3) is 0 Å². The molecule has 2 aromatic carbocycles. The number of phenols is 1. The van der Waals surface area contributed by atoms with Crippen molar-refractivity contribution in [1.82, 2.24) is 14.8 Å². The lowest BCUT2D eigenvalue weighted by molar-refractivity contribution is -0.205. The summed E-state index contributed by atoms with van der Waals surface area (Å²) in [6.07, 6.45) is 7.17. The van der Waals surface area contributed by atoms with Gasteiger partial charge in [-0.3, -0.25) is 4.79 Å². The van der Waals surface area contributed by atoms with Crippen LogP contribution in [0.3, 0.4) is 0 Å². The minimum Gasteiger partial charge on any atom is -0.507 e. The van der Waals surface area contributed by atoms with Crippen molar-refractivity contribution in [3.63, 3.8) is 0 Å². The molecule has 1 amide bonds. The van der Waals surface area contributed by atoms with Gasteiger partial charge < -0.3 is 15.0 Å². The lowest BCUT2D eigenvalue weighted by Gasteiger charge is -2.75. The van der Waals surface area contributed by atoms with Crippen molar-refractivity contribution < 1.29 is 9.90 Å². The zero-order chi connectivity index (χ0) is 23.8. The highest BCUT2D eigenvalue weighted by Crippen LogP contribution is 2.86. The first-order chi connectivity index (χ1) is 17.0. The van der Waals surface area contributed by atoms with Crippen LogP contribution < -0.4 is 5.32 Å². The molecule has 2 bridgehead atoms. The third-order valence-corrected chi connectivity index (χ3v) is 10.6. The molecule has 4 fully saturated rings. The summed E-state index contributed by atoms with van der Waals surface area (Å²) < 4.78 is 1.93. The van der Waals surface area contributed by atoms with E-state index in [0.29, 0.717) is 33.9 Å². The number of amides is 1. The second-order valence-electron chi connectivity index (χ2n) is 10.9. The van der Waals surface area contributed by atoms with Crippen LogP contribution in [0, 0.1) is 23.2 Å². The fourth-order valence-corrected chi connectivity index (χ4v) is 9.23. The Bertz CT molecular complexity index is 1300. The lowest BCUT2D eigenvalue weighted by atomic mass is 9.29. The van der Waals surface area contributed by atoms with E-state index in [1.807, 2.05) is 23.6 Å². The van der Waals surface area contributed by atoms with Gasteiger partial charge in [-0.1, -0.05) is 36.0 Å². The number of hydrogen-bond donors (Lipinski definition) is 2. The van der Waals surface area contributed by atoms with E-state index in [4.69, 9.17) is 0 Å². The van der Waals surface area contributed by atoms with Crippen LogP contribution in [-0.2, 0) is 16.8 Å². The van der Waals surface area contributed by atoms with E-state index in [9.17, 15) is 9.90 Å². The van der Waals surface area contributed by atoms with Crippen LogP contribution in [0.5, 0.6) is 5.75 Å². The number of thioether (sulfide) groups is 1. The number of anilines is 1. The van der Waals surface area contributed by atoms with Crippen LogP contribution in [-0.4, -0.2) is 31.5 Å². The lowest BCUT2D eigenvalue weighted by Crippen LogP contribution is -2.70. The molecule has 1 heterocycles. The fraction of sp³-hybridized carbons (Fsp3) is 0.464. The molecule has 4 aliphatic carbocycles. The molecule has 6 nitrogen and oxygen atoms in total. The summed E-state index contributed by atoms with van der Waals surface area (Å²) in [7, 11) is 0. The zero-order valence-corrected chi connectivity index (χ0v) is 20.7. The van der Waals surface area contributed by atoms with Crippen molar-refractivity contribution in [3.05, 3.63) is 54.1 Å². The first kappa shape index (κ1) is 21.5. The average Bonchev–Trinajstić information content (AvgIpc) is 3.52. The fourth-order valence-electron chi connectivity index (χ4n) is 8.43. The summed E-state index contributed by atoms with van der Waals surface area (Å²) in [5.41, 5.74) is 4.04. The molecular weight excluding hydrogens is 456 g/mol. The summed E-state index contributed by atoms with van der Waals surface area (Å²) in [5.74, 6) is 3.92. The van der Waals surface area contributed by atoms with E-state index in [-0.39, 0.29) is 17.4 Å². The molecule has 2 atom stereocenters. The number of aromatic nitrogens is 3. The summed E-state index contributed by atoms with van der Waals surface area (Å²) in [6, 6.07) is 15.8. The second-order valence-corrected chi connectivity index (χ2v) is 11.9. The van der Waals surface area contributed by atoms with Crippen molar-refractivity contribution >= 4 is 23.4 Å². The van der Waals surface area contributed by atoms with Gasteiger partial charge in [-0.15, -0.1) is 10.2 Å². The van der Waals surface area contributed by atoms with Gasteiger partial charge in [0.05, 0.1) is 11.3 Å². The topological polar surface area (TPSA) is 80.0 Å². The van der Waals surface area contributed by atoms with Crippen LogP contribution in [0.4, 0.5) is 5.69 Å². The molecule has 2 N–H and O–H groups in total. The number of nitrogens with zero attached hydrogens (tertiary/aromatic N) is 3. The van der Waals surface area contributed by atoms with E-state index in [0.717, 1.165) is 23.4 Å². The van der Waals surface area contributed by atoms with Crippen molar-refractivity contribution in [3.8, 4) is 17.1 Å². The summed E-state index contributed by atoms with van der Waals surface area (Å²) in [4.78, 5) is 12.7. The summed E-state index contributed by atoms with van der Waals surface area (Å²) >= 11 is 1.36. The number of carbonyl (C=O) groups is 1. The van der Waals surface area contributed by atoms with E-state index < -0.39 is 0 Å². The van der Waals surface area contributed by atoms with E-state index in [2.05, 4.69) is 39.8 Å². The number of nitrogens with one attached hydrogen (secondary N) is 1. The SMILES string of the molecule is CCn1c(SCC(=O)Nc2ccc(C34CC5CC6CC(C3)C54C6)cc2)nnc1-c1ccccc1O. The number of aromatic hydroxyl groups is 1. The quantitative estimate of drug-likeness (QED) is 0.432. The number of para-hydroxylation sites is 1. The van der Waals surface area contributed by atoms with Crippen LogP contribution in [0.1, 0.15) is 44.6 Å². The molecule has 4 saturated carbocycles. The molecule has 35 heavy (non-hydrogen) atoms. The van der Waals surface area contributed by atoms with Gasteiger partial charge in [-0.25, -0.2) is 0 Å². The van der Waals surface area contributed by atoms with Gasteiger partial charge in [0, 0.05) is 17.6 Å². The van der Waals surface area contributed by atoms with Crippen molar-refractivity contribution in [2.24, 2.45) is 23.2 Å². The Morgan fingerprint density at radius 3 is 2.51 bits per heavy atom. The Morgan fingerprint density at radius 2 is 1.83 bits per heavy atom. The highest BCUT2D eigenvalue weighted by molar-refractivity contribution is 7.99.